The van der Waals surface area contributed by atoms with Gasteiger partial charge in [0.2, 0.25) is 0 Å². The first-order valence-corrected chi connectivity index (χ1v) is 5.95. The van der Waals surface area contributed by atoms with Crippen molar-refractivity contribution in [2.45, 2.75) is 0 Å². The minimum Gasteiger partial charge on any atom is -0.319 e. The van der Waals surface area contributed by atoms with E-state index in [1.165, 1.54) is 12.1 Å². The molecule has 0 aliphatic carbocycles. The molecule has 4 aromatic rings. The van der Waals surface area contributed by atoms with Crippen molar-refractivity contribution >= 4 is 27.3 Å². The van der Waals surface area contributed by atoms with Crippen LogP contribution in [0, 0.1) is 5.82 Å². The van der Waals surface area contributed by atoms with E-state index in [1.54, 1.807) is 10.5 Å². The molecule has 0 radical (unpaired) electrons. The number of nitrogens with zero attached hydrogens (tertiary/aromatic N) is 1. The molecule has 0 unspecified atom stereocenters. The van der Waals surface area contributed by atoms with Gasteiger partial charge in [-0.05, 0) is 18.2 Å². The molecule has 0 saturated carbocycles. The molecule has 4 heteroatoms. The molecule has 3 nitrogen and oxygen atoms in total. The number of aromatic amines is 1. The van der Waals surface area contributed by atoms with Crippen LogP contribution >= 0.6 is 0 Å². The molecule has 0 fully saturated rings. The Morgan fingerprint density at radius 3 is 2.84 bits per heavy atom. The van der Waals surface area contributed by atoms with Gasteiger partial charge in [0.25, 0.3) is 5.56 Å². The first kappa shape index (κ1) is 10.3. The summed E-state index contributed by atoms with van der Waals surface area (Å²) in [7, 11) is 0. The monoisotopic (exact) mass is 252 g/mol. The normalized spacial score (nSPS) is 11.6. The van der Waals surface area contributed by atoms with Crippen LogP contribution in [-0.4, -0.2) is 9.38 Å². The van der Waals surface area contributed by atoms with Gasteiger partial charge in [-0.1, -0.05) is 24.3 Å². The number of rotatable bonds is 0. The van der Waals surface area contributed by atoms with Crippen molar-refractivity contribution in [2.75, 3.05) is 0 Å². The molecule has 2 aromatic heterocycles. The maximum atomic E-state index is 13.4. The van der Waals surface area contributed by atoms with Crippen molar-refractivity contribution in [3.8, 4) is 0 Å². The number of nitrogens with one attached hydrogen (secondary N) is 1. The average molecular weight is 252 g/mol. The summed E-state index contributed by atoms with van der Waals surface area (Å²) < 4.78 is 15.2. The maximum absolute atomic E-state index is 13.4. The summed E-state index contributed by atoms with van der Waals surface area (Å²) in [6.45, 7) is 0. The molecular formula is C15H9FN2O. The van der Waals surface area contributed by atoms with E-state index >= 15 is 0 Å². The van der Waals surface area contributed by atoms with Crippen molar-refractivity contribution in [3.05, 3.63) is 64.8 Å². The Balaban J connectivity index is 2.39. The summed E-state index contributed by atoms with van der Waals surface area (Å²) in [5.74, 6) is -0.321. The molecule has 0 amide bonds. The van der Waals surface area contributed by atoms with Crippen LogP contribution in [0.5, 0.6) is 0 Å². The zero-order valence-corrected chi connectivity index (χ0v) is 9.85. The molecule has 19 heavy (non-hydrogen) atoms. The van der Waals surface area contributed by atoms with Gasteiger partial charge in [0.15, 0.2) is 0 Å². The highest BCUT2D eigenvalue weighted by Crippen LogP contribution is 2.23. The first-order chi connectivity index (χ1) is 9.24. The van der Waals surface area contributed by atoms with Crippen LogP contribution in [0.3, 0.4) is 0 Å². The number of halogens is 1. The Bertz CT molecular complexity index is 997. The predicted molar refractivity (Wildman–Crippen MR) is 73.0 cm³/mol. The van der Waals surface area contributed by atoms with Gasteiger partial charge in [-0.3, -0.25) is 4.79 Å². The standard InChI is InChI=1S/C15H9FN2O/c16-10-5-6-12-13(7-10)18-8-9-3-1-2-4-11(9)14(18)15(19)17-12/h1-8H,(H,17,19). The van der Waals surface area contributed by atoms with Crippen LogP contribution in [0.15, 0.2) is 53.5 Å². The molecule has 2 aromatic carbocycles. The van der Waals surface area contributed by atoms with Crippen LogP contribution in [-0.2, 0) is 0 Å². The van der Waals surface area contributed by atoms with Gasteiger partial charge in [-0.15, -0.1) is 0 Å². The number of hydrogen-bond donors (Lipinski definition) is 1. The Hall–Kier alpha value is -2.62. The molecule has 0 aliphatic rings. The fourth-order valence-electron chi connectivity index (χ4n) is 2.57. The lowest BCUT2D eigenvalue weighted by molar-refractivity contribution is 0.629. The summed E-state index contributed by atoms with van der Waals surface area (Å²) in [6.07, 6.45) is 1.86. The van der Waals surface area contributed by atoms with Crippen LogP contribution in [0.2, 0.25) is 0 Å². The number of benzene rings is 2. The van der Waals surface area contributed by atoms with Crippen molar-refractivity contribution < 1.29 is 4.39 Å². The quantitative estimate of drug-likeness (QED) is 0.513. The van der Waals surface area contributed by atoms with E-state index in [-0.39, 0.29) is 11.4 Å². The Morgan fingerprint density at radius 1 is 1.11 bits per heavy atom. The molecule has 0 saturated heterocycles. The SMILES string of the molecule is O=c1[nH]c2ccc(F)cc2n2cc3ccccc3c12. The molecule has 92 valence electrons. The molecule has 0 aliphatic heterocycles. The number of hydrogen-bond acceptors (Lipinski definition) is 1. The summed E-state index contributed by atoms with van der Waals surface area (Å²) >= 11 is 0. The fourth-order valence-corrected chi connectivity index (χ4v) is 2.57. The lowest BCUT2D eigenvalue weighted by Crippen LogP contribution is -2.09. The summed E-state index contributed by atoms with van der Waals surface area (Å²) in [5, 5.41) is 1.83. The topological polar surface area (TPSA) is 37.3 Å². The summed E-state index contributed by atoms with van der Waals surface area (Å²) in [4.78, 5) is 15.0. The van der Waals surface area contributed by atoms with Crippen LogP contribution < -0.4 is 5.56 Å². The van der Waals surface area contributed by atoms with Gasteiger partial charge in [0, 0.05) is 17.0 Å². The Kier molecular flexibility index (Phi) is 1.87. The molecule has 0 bridgehead atoms. The van der Waals surface area contributed by atoms with E-state index in [1.807, 2.05) is 30.5 Å². The Labute approximate surface area is 106 Å². The van der Waals surface area contributed by atoms with E-state index in [4.69, 9.17) is 0 Å². The lowest BCUT2D eigenvalue weighted by atomic mass is 10.2. The van der Waals surface area contributed by atoms with Gasteiger partial charge in [-0.25, -0.2) is 4.39 Å². The third-order valence-electron chi connectivity index (χ3n) is 3.41. The zero-order chi connectivity index (χ0) is 13.0. The van der Waals surface area contributed by atoms with E-state index in [0.29, 0.717) is 16.6 Å². The van der Waals surface area contributed by atoms with Crippen molar-refractivity contribution in [3.63, 3.8) is 0 Å². The zero-order valence-electron chi connectivity index (χ0n) is 9.85. The van der Waals surface area contributed by atoms with E-state index in [9.17, 15) is 9.18 Å². The fraction of sp³-hybridized carbons (Fsp3) is 0. The highest BCUT2D eigenvalue weighted by Gasteiger charge is 2.10. The third kappa shape index (κ3) is 1.34. The molecule has 2 heterocycles. The van der Waals surface area contributed by atoms with Gasteiger partial charge >= 0.3 is 0 Å². The third-order valence-corrected chi connectivity index (χ3v) is 3.41. The predicted octanol–water partition coefficient (Wildman–Crippen LogP) is 3.07. The lowest BCUT2D eigenvalue weighted by Gasteiger charge is -2.02. The first-order valence-electron chi connectivity index (χ1n) is 5.95. The van der Waals surface area contributed by atoms with Crippen molar-refractivity contribution in [1.29, 1.82) is 0 Å². The smallest absolute Gasteiger partial charge is 0.273 e. The molecule has 0 spiro atoms. The number of fused-ring (bicyclic) bond motifs is 5. The van der Waals surface area contributed by atoms with Gasteiger partial charge in [0.05, 0.1) is 11.0 Å². The van der Waals surface area contributed by atoms with Crippen molar-refractivity contribution in [1.82, 2.24) is 9.38 Å². The molecule has 4 rings (SSSR count). The molecule has 0 atom stereocenters. The van der Waals surface area contributed by atoms with E-state index in [2.05, 4.69) is 4.98 Å². The maximum Gasteiger partial charge on any atom is 0.273 e. The second kappa shape index (κ2) is 3.45. The number of aromatic nitrogens is 2. The Morgan fingerprint density at radius 2 is 1.95 bits per heavy atom. The highest BCUT2D eigenvalue weighted by atomic mass is 19.1. The highest BCUT2D eigenvalue weighted by molar-refractivity contribution is 5.99. The average Bonchev–Trinajstić information content (AvgIpc) is 2.80. The van der Waals surface area contributed by atoms with Crippen LogP contribution in [0.4, 0.5) is 4.39 Å². The molecule has 1 N–H and O–H groups in total. The van der Waals surface area contributed by atoms with Gasteiger partial charge in [0.1, 0.15) is 11.3 Å². The summed E-state index contributed by atoms with van der Waals surface area (Å²) in [6, 6.07) is 12.0. The minimum atomic E-state index is -0.321. The van der Waals surface area contributed by atoms with Crippen LogP contribution in [0.1, 0.15) is 0 Å². The van der Waals surface area contributed by atoms with Gasteiger partial charge < -0.3 is 9.38 Å². The summed E-state index contributed by atoms with van der Waals surface area (Å²) in [5.41, 5.74) is 1.67. The second-order valence-electron chi connectivity index (χ2n) is 4.55. The largest absolute Gasteiger partial charge is 0.319 e. The van der Waals surface area contributed by atoms with Gasteiger partial charge in [-0.2, -0.15) is 0 Å². The van der Waals surface area contributed by atoms with Crippen LogP contribution in [0.25, 0.3) is 27.3 Å². The molecular weight excluding hydrogens is 243 g/mol. The minimum absolute atomic E-state index is 0.166. The van der Waals surface area contributed by atoms with E-state index in [0.717, 1.165) is 10.8 Å². The number of H-pyrrole nitrogens is 1. The second-order valence-corrected chi connectivity index (χ2v) is 4.55. The van der Waals surface area contributed by atoms with E-state index < -0.39 is 0 Å². The van der Waals surface area contributed by atoms with Crippen molar-refractivity contribution in [2.24, 2.45) is 0 Å².